The van der Waals surface area contributed by atoms with Crippen LogP contribution in [0.15, 0.2) is 0 Å². The number of nitriles is 1. The van der Waals surface area contributed by atoms with E-state index in [9.17, 15) is 5.26 Å². The Morgan fingerprint density at radius 3 is 2.81 bits per heavy atom. The van der Waals surface area contributed by atoms with Gasteiger partial charge in [0.2, 0.25) is 0 Å². The van der Waals surface area contributed by atoms with Gasteiger partial charge in [0.15, 0.2) is 5.82 Å². The van der Waals surface area contributed by atoms with E-state index in [0.29, 0.717) is 12.0 Å². The van der Waals surface area contributed by atoms with E-state index < -0.39 is 0 Å². The maximum absolute atomic E-state index is 9.26. The summed E-state index contributed by atoms with van der Waals surface area (Å²) in [4.78, 5) is 16.7. The highest BCUT2D eigenvalue weighted by Crippen LogP contribution is 2.35. The highest BCUT2D eigenvalue weighted by atomic mass is 32.1. The number of rotatable bonds is 7. The van der Waals surface area contributed by atoms with E-state index in [4.69, 9.17) is 20.4 Å². The zero-order valence-electron chi connectivity index (χ0n) is 18.2. The lowest BCUT2D eigenvalue weighted by Gasteiger charge is -2.26. The molecule has 0 saturated carbocycles. The van der Waals surface area contributed by atoms with Gasteiger partial charge in [0.25, 0.3) is 0 Å². The Balaban J connectivity index is 1.54. The second-order valence-electron chi connectivity index (χ2n) is 7.91. The molecule has 0 atom stereocenters. The van der Waals surface area contributed by atoms with Crippen molar-refractivity contribution in [2.75, 3.05) is 50.5 Å². The summed E-state index contributed by atoms with van der Waals surface area (Å²) < 4.78 is 5.46. The quantitative estimate of drug-likeness (QED) is 0.575. The first-order chi connectivity index (χ1) is 15.0. The fourth-order valence-corrected chi connectivity index (χ4v) is 4.92. The van der Waals surface area contributed by atoms with Crippen molar-refractivity contribution in [1.82, 2.24) is 25.1 Å². The van der Waals surface area contributed by atoms with Crippen LogP contribution >= 0.6 is 11.3 Å². The fourth-order valence-electron chi connectivity index (χ4n) is 3.88. The summed E-state index contributed by atoms with van der Waals surface area (Å²) in [6.45, 7) is 9.13. The van der Waals surface area contributed by atoms with Crippen molar-refractivity contribution in [2.45, 2.75) is 33.2 Å². The standard InChI is InChI=1S/C21H28N8OS/c1-13-14(2)31-21-18(13)20(24-17(25-21)12-29-7-9-30-10-8-29)28(3)6-4-5-16-15(11-22)19(23)27-26-16/h4-10,12H2,1-3H3,(H3,23,26,27). The van der Waals surface area contributed by atoms with Crippen molar-refractivity contribution in [2.24, 2.45) is 0 Å². The van der Waals surface area contributed by atoms with Gasteiger partial charge in [0.1, 0.15) is 28.1 Å². The predicted molar refractivity (Wildman–Crippen MR) is 122 cm³/mol. The lowest BCUT2D eigenvalue weighted by Crippen LogP contribution is -2.36. The van der Waals surface area contributed by atoms with Crippen molar-refractivity contribution >= 4 is 33.2 Å². The number of H-pyrrole nitrogens is 1. The van der Waals surface area contributed by atoms with Crippen molar-refractivity contribution < 1.29 is 4.74 Å². The number of nitrogen functional groups attached to an aromatic ring is 1. The Morgan fingerprint density at radius 2 is 2.06 bits per heavy atom. The molecule has 3 aromatic heterocycles. The van der Waals surface area contributed by atoms with E-state index in [1.54, 1.807) is 11.3 Å². The van der Waals surface area contributed by atoms with Crippen LogP contribution in [0.1, 0.15) is 33.9 Å². The Morgan fingerprint density at radius 1 is 1.29 bits per heavy atom. The molecule has 9 nitrogen and oxygen atoms in total. The van der Waals surface area contributed by atoms with Crippen LogP contribution < -0.4 is 10.6 Å². The number of morpholine rings is 1. The highest BCUT2D eigenvalue weighted by molar-refractivity contribution is 7.18. The minimum Gasteiger partial charge on any atom is -0.381 e. The third kappa shape index (κ3) is 4.49. The van der Waals surface area contributed by atoms with Crippen LogP contribution in [0.4, 0.5) is 11.6 Å². The Kier molecular flexibility index (Phi) is 6.36. The monoisotopic (exact) mass is 440 g/mol. The molecule has 164 valence electrons. The summed E-state index contributed by atoms with van der Waals surface area (Å²) in [7, 11) is 2.07. The van der Waals surface area contributed by atoms with Crippen molar-refractivity contribution in [1.29, 1.82) is 5.26 Å². The van der Waals surface area contributed by atoms with E-state index in [0.717, 1.165) is 73.4 Å². The van der Waals surface area contributed by atoms with Gasteiger partial charge in [-0.1, -0.05) is 0 Å². The summed E-state index contributed by atoms with van der Waals surface area (Å²) in [6.07, 6.45) is 1.55. The fraction of sp³-hybridized carbons (Fsp3) is 0.524. The average Bonchev–Trinajstić information content (AvgIpc) is 3.26. The Hall–Kier alpha value is -2.74. The zero-order chi connectivity index (χ0) is 22.0. The van der Waals surface area contributed by atoms with Gasteiger partial charge in [0.05, 0.1) is 30.8 Å². The molecule has 1 saturated heterocycles. The van der Waals surface area contributed by atoms with E-state index in [-0.39, 0.29) is 5.82 Å². The zero-order valence-corrected chi connectivity index (χ0v) is 19.1. The topological polar surface area (TPSA) is 120 Å². The van der Waals surface area contributed by atoms with Gasteiger partial charge >= 0.3 is 0 Å². The Labute approximate surface area is 185 Å². The van der Waals surface area contributed by atoms with Gasteiger partial charge in [0, 0.05) is 31.6 Å². The molecule has 1 fully saturated rings. The lowest BCUT2D eigenvalue weighted by atomic mass is 10.1. The Bertz CT molecular complexity index is 1110. The van der Waals surface area contributed by atoms with Gasteiger partial charge in [-0.05, 0) is 32.3 Å². The SMILES string of the molecule is Cc1sc2nc(CN3CCOCC3)nc(N(C)CCCc3[nH]nc(N)c3C#N)c2c1C. The first-order valence-corrected chi connectivity index (χ1v) is 11.3. The molecule has 4 rings (SSSR count). The van der Waals surface area contributed by atoms with Crippen LogP contribution in [-0.4, -0.2) is 65.0 Å². The van der Waals surface area contributed by atoms with Crippen LogP contribution in [0.3, 0.4) is 0 Å². The number of nitrogens with one attached hydrogen (secondary N) is 1. The second kappa shape index (κ2) is 9.18. The number of hydrogen-bond acceptors (Lipinski definition) is 9. The molecular weight excluding hydrogens is 412 g/mol. The summed E-state index contributed by atoms with van der Waals surface area (Å²) in [6, 6.07) is 2.13. The minimum absolute atomic E-state index is 0.264. The molecule has 0 aromatic carbocycles. The molecule has 10 heteroatoms. The second-order valence-corrected chi connectivity index (χ2v) is 9.12. The molecule has 1 aliphatic rings. The molecule has 0 bridgehead atoms. The van der Waals surface area contributed by atoms with E-state index in [2.05, 4.69) is 47.0 Å². The predicted octanol–water partition coefficient (Wildman–Crippen LogP) is 2.39. The summed E-state index contributed by atoms with van der Waals surface area (Å²) in [5.41, 5.74) is 8.23. The summed E-state index contributed by atoms with van der Waals surface area (Å²) in [5.74, 6) is 2.09. The minimum atomic E-state index is 0.264. The number of fused-ring (bicyclic) bond motifs is 1. The first-order valence-electron chi connectivity index (χ1n) is 10.5. The number of thiophene rings is 1. The molecule has 0 unspecified atom stereocenters. The number of hydrogen-bond donors (Lipinski definition) is 2. The van der Waals surface area contributed by atoms with E-state index >= 15 is 0 Å². The maximum atomic E-state index is 9.26. The molecular formula is C21H28N8OS. The molecule has 4 heterocycles. The number of aromatic amines is 1. The van der Waals surface area contributed by atoms with E-state index in [1.807, 2.05) is 0 Å². The smallest absolute Gasteiger partial charge is 0.163 e. The lowest BCUT2D eigenvalue weighted by molar-refractivity contribution is 0.0331. The van der Waals surface area contributed by atoms with Crippen LogP contribution in [0.25, 0.3) is 10.2 Å². The molecule has 3 aromatic rings. The molecule has 31 heavy (non-hydrogen) atoms. The average molecular weight is 441 g/mol. The van der Waals surface area contributed by atoms with Crippen molar-refractivity contribution in [3.8, 4) is 6.07 Å². The number of aromatic nitrogens is 4. The largest absolute Gasteiger partial charge is 0.381 e. The highest BCUT2D eigenvalue weighted by Gasteiger charge is 2.20. The van der Waals surface area contributed by atoms with Crippen molar-refractivity contribution in [3.63, 3.8) is 0 Å². The number of aryl methyl sites for hydroxylation is 3. The van der Waals surface area contributed by atoms with Crippen LogP contribution in [0, 0.1) is 25.2 Å². The molecule has 0 amide bonds. The summed E-state index contributed by atoms with van der Waals surface area (Å²) in [5, 5.41) is 17.2. The van der Waals surface area contributed by atoms with Gasteiger partial charge in [-0.3, -0.25) is 10.00 Å². The third-order valence-corrected chi connectivity index (χ3v) is 6.89. The number of anilines is 2. The number of ether oxygens (including phenoxy) is 1. The third-order valence-electron chi connectivity index (χ3n) is 5.79. The molecule has 1 aliphatic heterocycles. The molecule has 0 radical (unpaired) electrons. The number of nitrogens with two attached hydrogens (primary N) is 1. The maximum Gasteiger partial charge on any atom is 0.163 e. The number of nitrogens with zero attached hydrogens (tertiary/aromatic N) is 6. The molecule has 3 N–H and O–H groups in total. The van der Waals surface area contributed by atoms with Crippen molar-refractivity contribution in [3.05, 3.63) is 27.5 Å². The van der Waals surface area contributed by atoms with Gasteiger partial charge in [-0.25, -0.2) is 9.97 Å². The van der Waals surface area contributed by atoms with Crippen LogP contribution in [0.2, 0.25) is 0 Å². The first kappa shape index (κ1) is 21.5. The normalized spacial score (nSPS) is 14.8. The van der Waals surface area contributed by atoms with Gasteiger partial charge in [-0.2, -0.15) is 10.4 Å². The summed E-state index contributed by atoms with van der Waals surface area (Å²) >= 11 is 1.73. The van der Waals surface area contributed by atoms with Gasteiger partial charge in [-0.15, -0.1) is 11.3 Å². The molecule has 0 spiro atoms. The van der Waals surface area contributed by atoms with Gasteiger partial charge < -0.3 is 15.4 Å². The van der Waals surface area contributed by atoms with E-state index in [1.165, 1.54) is 10.4 Å². The van der Waals surface area contributed by atoms with Crippen LogP contribution in [0.5, 0.6) is 0 Å². The molecule has 0 aliphatic carbocycles. The van der Waals surface area contributed by atoms with Crippen LogP contribution in [-0.2, 0) is 17.7 Å².